The van der Waals surface area contributed by atoms with E-state index in [1.54, 1.807) is 14.2 Å². The molecule has 108 valence electrons. The molecule has 0 aromatic heterocycles. The van der Waals surface area contributed by atoms with Gasteiger partial charge in [0.15, 0.2) is 5.96 Å². The van der Waals surface area contributed by atoms with Gasteiger partial charge >= 0.3 is 0 Å². The standard InChI is InChI=1S/C13H22N4O.HI/c1-15-13(14)16-9-12(17(2)3)10-6-5-7-11(8-10)18-4;/h5-8,12H,9H2,1-4H3,(H3,14,15,16);1H. The summed E-state index contributed by atoms with van der Waals surface area (Å²) in [5.74, 6) is 1.31. The van der Waals surface area contributed by atoms with E-state index in [1.807, 2.05) is 32.3 Å². The number of benzene rings is 1. The average Bonchev–Trinajstić information content (AvgIpc) is 2.38. The maximum Gasteiger partial charge on any atom is 0.188 e. The smallest absolute Gasteiger partial charge is 0.188 e. The van der Waals surface area contributed by atoms with Crippen molar-refractivity contribution >= 4 is 29.9 Å². The van der Waals surface area contributed by atoms with Gasteiger partial charge in [0.2, 0.25) is 0 Å². The molecule has 5 nitrogen and oxygen atoms in total. The molecule has 0 spiro atoms. The van der Waals surface area contributed by atoms with E-state index in [2.05, 4.69) is 21.3 Å². The van der Waals surface area contributed by atoms with Crippen LogP contribution in [0.3, 0.4) is 0 Å². The molecule has 1 unspecified atom stereocenters. The molecule has 0 radical (unpaired) electrons. The highest BCUT2D eigenvalue weighted by Gasteiger charge is 2.14. The van der Waals surface area contributed by atoms with Crippen molar-refractivity contribution in [2.24, 2.45) is 10.7 Å². The highest BCUT2D eigenvalue weighted by atomic mass is 127. The fourth-order valence-electron chi connectivity index (χ4n) is 1.73. The van der Waals surface area contributed by atoms with Crippen LogP contribution in [0.2, 0.25) is 0 Å². The van der Waals surface area contributed by atoms with Crippen molar-refractivity contribution in [3.05, 3.63) is 29.8 Å². The first-order valence-electron chi connectivity index (χ1n) is 5.85. The summed E-state index contributed by atoms with van der Waals surface area (Å²) < 4.78 is 5.24. The Kier molecular flexibility index (Phi) is 8.49. The Balaban J connectivity index is 0.00000324. The Morgan fingerprint density at radius 3 is 2.68 bits per heavy atom. The fraction of sp³-hybridized carbons (Fsp3) is 0.462. The van der Waals surface area contributed by atoms with Crippen molar-refractivity contribution in [3.63, 3.8) is 0 Å². The molecule has 0 aliphatic heterocycles. The second-order valence-electron chi connectivity index (χ2n) is 4.25. The topological polar surface area (TPSA) is 62.9 Å². The Bertz CT molecular complexity index is 409. The predicted octanol–water partition coefficient (Wildman–Crippen LogP) is 1.45. The number of rotatable bonds is 5. The Hall–Kier alpha value is -1.02. The number of nitrogens with one attached hydrogen (secondary N) is 1. The van der Waals surface area contributed by atoms with Crippen molar-refractivity contribution in [2.45, 2.75) is 6.04 Å². The number of nitrogens with two attached hydrogens (primary N) is 1. The second kappa shape index (κ2) is 8.98. The molecule has 0 fully saturated rings. The lowest BCUT2D eigenvalue weighted by molar-refractivity contribution is 0.297. The third kappa shape index (κ3) is 5.65. The number of methoxy groups -OCH3 is 1. The summed E-state index contributed by atoms with van der Waals surface area (Å²) in [6.07, 6.45) is 0. The minimum atomic E-state index is 0. The van der Waals surface area contributed by atoms with Gasteiger partial charge in [-0.15, -0.1) is 24.0 Å². The molecule has 1 rings (SSSR count). The van der Waals surface area contributed by atoms with Crippen molar-refractivity contribution in [3.8, 4) is 5.75 Å². The molecule has 0 saturated carbocycles. The largest absolute Gasteiger partial charge is 0.497 e. The minimum absolute atomic E-state index is 0. The predicted molar refractivity (Wildman–Crippen MR) is 90.4 cm³/mol. The van der Waals surface area contributed by atoms with Crippen molar-refractivity contribution < 1.29 is 4.74 Å². The van der Waals surface area contributed by atoms with E-state index in [-0.39, 0.29) is 30.0 Å². The summed E-state index contributed by atoms with van der Waals surface area (Å²) in [5.41, 5.74) is 6.83. The number of aliphatic imine (C=N–C) groups is 1. The molecule has 6 heteroatoms. The van der Waals surface area contributed by atoms with Crippen LogP contribution in [0.25, 0.3) is 0 Å². The van der Waals surface area contributed by atoms with Gasteiger partial charge in [-0.1, -0.05) is 12.1 Å². The van der Waals surface area contributed by atoms with Crippen LogP contribution in [0.5, 0.6) is 5.75 Å². The molecule has 1 atom stereocenters. The molecule has 0 aliphatic rings. The normalized spacial score (nSPS) is 12.8. The van der Waals surface area contributed by atoms with Gasteiger partial charge < -0.3 is 20.7 Å². The van der Waals surface area contributed by atoms with E-state index in [1.165, 1.54) is 5.56 Å². The summed E-state index contributed by atoms with van der Waals surface area (Å²) in [4.78, 5) is 6.02. The Labute approximate surface area is 132 Å². The monoisotopic (exact) mass is 378 g/mol. The maximum absolute atomic E-state index is 5.65. The van der Waals surface area contributed by atoms with Crippen LogP contribution in [0.1, 0.15) is 11.6 Å². The van der Waals surface area contributed by atoms with Crippen LogP contribution < -0.4 is 15.8 Å². The molecule has 0 amide bonds. The SMILES string of the molecule is CN=C(N)NCC(c1cccc(OC)c1)N(C)C.I. The number of likely N-dealkylation sites (N-methyl/N-ethyl adjacent to an activating group) is 1. The molecule has 0 saturated heterocycles. The Morgan fingerprint density at radius 1 is 1.47 bits per heavy atom. The van der Waals surface area contributed by atoms with E-state index in [9.17, 15) is 0 Å². The molecule has 0 aliphatic carbocycles. The van der Waals surface area contributed by atoms with Crippen molar-refractivity contribution in [2.75, 3.05) is 34.8 Å². The van der Waals surface area contributed by atoms with Crippen LogP contribution in [-0.2, 0) is 0 Å². The van der Waals surface area contributed by atoms with Gasteiger partial charge in [0.1, 0.15) is 5.75 Å². The van der Waals surface area contributed by atoms with Crippen LogP contribution in [0, 0.1) is 0 Å². The van der Waals surface area contributed by atoms with E-state index in [4.69, 9.17) is 10.5 Å². The number of ether oxygens (including phenoxy) is 1. The van der Waals surface area contributed by atoms with Crippen LogP contribution in [0.15, 0.2) is 29.3 Å². The molecule has 0 bridgehead atoms. The number of guanidine groups is 1. The second-order valence-corrected chi connectivity index (χ2v) is 4.25. The third-order valence-corrected chi connectivity index (χ3v) is 2.82. The minimum Gasteiger partial charge on any atom is -0.497 e. The zero-order chi connectivity index (χ0) is 13.5. The van der Waals surface area contributed by atoms with Crippen molar-refractivity contribution in [1.29, 1.82) is 0 Å². The number of hydrogen-bond acceptors (Lipinski definition) is 3. The summed E-state index contributed by atoms with van der Waals surface area (Å²) in [5, 5.41) is 3.09. The summed E-state index contributed by atoms with van der Waals surface area (Å²) in [6, 6.07) is 8.24. The van der Waals surface area contributed by atoms with Gasteiger partial charge in [0, 0.05) is 13.6 Å². The number of halogens is 1. The number of hydrogen-bond donors (Lipinski definition) is 2. The molecule has 3 N–H and O–H groups in total. The molecular formula is C13H23IN4O. The van der Waals surface area contributed by atoms with E-state index < -0.39 is 0 Å². The summed E-state index contributed by atoms with van der Waals surface area (Å²) in [6.45, 7) is 0.698. The van der Waals surface area contributed by atoms with Gasteiger partial charge in [-0.2, -0.15) is 0 Å². The highest BCUT2D eigenvalue weighted by Crippen LogP contribution is 2.21. The Morgan fingerprint density at radius 2 is 2.16 bits per heavy atom. The molecular weight excluding hydrogens is 355 g/mol. The van der Waals surface area contributed by atoms with Crippen LogP contribution in [-0.4, -0.2) is 45.7 Å². The third-order valence-electron chi connectivity index (χ3n) is 2.82. The van der Waals surface area contributed by atoms with Gasteiger partial charge in [-0.25, -0.2) is 0 Å². The van der Waals surface area contributed by atoms with E-state index in [0.29, 0.717) is 12.5 Å². The average molecular weight is 378 g/mol. The summed E-state index contributed by atoms with van der Waals surface area (Å²) >= 11 is 0. The summed E-state index contributed by atoms with van der Waals surface area (Å²) in [7, 11) is 7.40. The lowest BCUT2D eigenvalue weighted by atomic mass is 10.1. The van der Waals surface area contributed by atoms with Gasteiger partial charge in [0.25, 0.3) is 0 Å². The lowest BCUT2D eigenvalue weighted by Gasteiger charge is -2.25. The zero-order valence-electron chi connectivity index (χ0n) is 11.9. The van der Waals surface area contributed by atoms with Gasteiger partial charge in [-0.3, -0.25) is 4.99 Å². The van der Waals surface area contributed by atoms with Crippen LogP contribution >= 0.6 is 24.0 Å². The first kappa shape index (κ1) is 18.0. The van der Waals surface area contributed by atoms with Crippen molar-refractivity contribution in [1.82, 2.24) is 10.2 Å². The lowest BCUT2D eigenvalue weighted by Crippen LogP contribution is -2.38. The maximum atomic E-state index is 5.65. The van der Waals surface area contributed by atoms with Gasteiger partial charge in [0.05, 0.1) is 13.2 Å². The zero-order valence-corrected chi connectivity index (χ0v) is 14.2. The van der Waals surface area contributed by atoms with E-state index in [0.717, 1.165) is 5.75 Å². The quantitative estimate of drug-likeness (QED) is 0.463. The molecule has 1 aromatic carbocycles. The first-order valence-corrected chi connectivity index (χ1v) is 5.85. The highest BCUT2D eigenvalue weighted by molar-refractivity contribution is 14.0. The molecule has 0 heterocycles. The first-order chi connectivity index (χ1) is 8.58. The fourth-order valence-corrected chi connectivity index (χ4v) is 1.73. The van der Waals surface area contributed by atoms with Crippen LogP contribution in [0.4, 0.5) is 0 Å². The number of nitrogens with zero attached hydrogens (tertiary/aromatic N) is 2. The van der Waals surface area contributed by atoms with Gasteiger partial charge in [-0.05, 0) is 31.8 Å². The molecule has 1 aromatic rings. The molecule has 19 heavy (non-hydrogen) atoms. The van der Waals surface area contributed by atoms with E-state index >= 15 is 0 Å².